The maximum absolute atomic E-state index is 14.2. The fourth-order valence-corrected chi connectivity index (χ4v) is 3.51. The molecule has 0 amide bonds. The van der Waals surface area contributed by atoms with Crippen molar-refractivity contribution in [1.29, 1.82) is 0 Å². The van der Waals surface area contributed by atoms with Crippen molar-refractivity contribution in [3.63, 3.8) is 0 Å². The van der Waals surface area contributed by atoms with Crippen LogP contribution in [0.1, 0.15) is 46.5 Å². The molecular weight excluding hydrogens is 328 g/mol. The molecule has 0 saturated carbocycles. The molecule has 2 rings (SSSR count). The van der Waals surface area contributed by atoms with Gasteiger partial charge >= 0.3 is 0 Å². The first-order valence-corrected chi connectivity index (χ1v) is 9.66. The molecule has 0 bridgehead atoms. The summed E-state index contributed by atoms with van der Waals surface area (Å²) in [7, 11) is 0. The van der Waals surface area contributed by atoms with Gasteiger partial charge in [-0.1, -0.05) is 55.4 Å². The Labute approximate surface area is 156 Å². The first-order valence-electron chi connectivity index (χ1n) is 9.66. The molecule has 0 aromatic carbocycles. The zero-order valence-electron chi connectivity index (χ0n) is 16.1. The number of hydrogen-bond acceptors (Lipinski definition) is 1. The number of halogens is 2. The highest BCUT2D eigenvalue weighted by molar-refractivity contribution is 5.52. The SMILES string of the molecule is CC=CCC(CC)C1CC(C)=CC=C(C2=CC(F)CC=C2F)C=CCN1. The van der Waals surface area contributed by atoms with Gasteiger partial charge in [0.05, 0.1) is 0 Å². The summed E-state index contributed by atoms with van der Waals surface area (Å²) in [4.78, 5) is 0. The molecule has 1 heterocycles. The molecule has 0 saturated heterocycles. The lowest BCUT2D eigenvalue weighted by atomic mass is 9.88. The van der Waals surface area contributed by atoms with Gasteiger partial charge in [0.2, 0.25) is 0 Å². The highest BCUT2D eigenvalue weighted by Crippen LogP contribution is 2.29. The zero-order valence-corrected chi connectivity index (χ0v) is 16.1. The summed E-state index contributed by atoms with van der Waals surface area (Å²) in [5.74, 6) is 0.251. The molecule has 3 atom stereocenters. The van der Waals surface area contributed by atoms with Gasteiger partial charge in [-0.3, -0.25) is 0 Å². The van der Waals surface area contributed by atoms with Gasteiger partial charge in [0, 0.05) is 24.6 Å². The Kier molecular flexibility index (Phi) is 8.24. The number of rotatable bonds is 5. The standard InChI is InChI=1S/C23H31F2N/c1-4-6-8-18(5-2)23-15-17(3)10-11-19(9-7-14-26-23)21-16-20(24)12-13-22(21)25/h4,6-7,9-11,13,16,18,20,23,26H,5,8,12,14-15H2,1-3H3. The lowest BCUT2D eigenvalue weighted by Gasteiger charge is -2.27. The van der Waals surface area contributed by atoms with E-state index < -0.39 is 6.17 Å². The number of hydrogen-bond donors (Lipinski definition) is 1. The van der Waals surface area contributed by atoms with Crippen LogP contribution < -0.4 is 5.32 Å². The topological polar surface area (TPSA) is 12.0 Å². The Morgan fingerprint density at radius 3 is 2.88 bits per heavy atom. The Morgan fingerprint density at radius 1 is 1.35 bits per heavy atom. The minimum atomic E-state index is -1.11. The van der Waals surface area contributed by atoms with Crippen LogP contribution in [0.2, 0.25) is 0 Å². The molecule has 1 aliphatic heterocycles. The van der Waals surface area contributed by atoms with Crippen molar-refractivity contribution in [2.24, 2.45) is 5.92 Å². The van der Waals surface area contributed by atoms with Gasteiger partial charge in [0.15, 0.2) is 0 Å². The first-order chi connectivity index (χ1) is 12.5. The van der Waals surface area contributed by atoms with E-state index in [1.807, 2.05) is 24.3 Å². The monoisotopic (exact) mass is 359 g/mol. The van der Waals surface area contributed by atoms with Crippen molar-refractivity contribution >= 4 is 0 Å². The summed E-state index contributed by atoms with van der Waals surface area (Å²) < 4.78 is 27.8. The van der Waals surface area contributed by atoms with Crippen LogP contribution >= 0.6 is 0 Å². The Bertz CT molecular complexity index is 649. The van der Waals surface area contributed by atoms with Crippen LogP contribution in [0.3, 0.4) is 0 Å². The van der Waals surface area contributed by atoms with E-state index in [4.69, 9.17) is 0 Å². The van der Waals surface area contributed by atoms with Gasteiger partial charge in [-0.2, -0.15) is 0 Å². The molecule has 2 aliphatic rings. The molecule has 0 aromatic heterocycles. The predicted molar refractivity (Wildman–Crippen MR) is 107 cm³/mol. The Hall–Kier alpha value is -1.74. The number of nitrogens with one attached hydrogen (secondary N) is 1. The van der Waals surface area contributed by atoms with Crippen LogP contribution in [0.4, 0.5) is 8.78 Å². The molecule has 3 heteroatoms. The van der Waals surface area contributed by atoms with Crippen molar-refractivity contribution in [1.82, 2.24) is 5.32 Å². The summed E-state index contributed by atoms with van der Waals surface area (Å²) >= 11 is 0. The van der Waals surface area contributed by atoms with Crippen LogP contribution in [-0.4, -0.2) is 18.8 Å². The maximum Gasteiger partial charge on any atom is 0.126 e. The molecule has 1 N–H and O–H groups in total. The van der Waals surface area contributed by atoms with Crippen LogP contribution in [0.5, 0.6) is 0 Å². The highest BCUT2D eigenvalue weighted by Gasteiger charge is 2.20. The second-order valence-electron chi connectivity index (χ2n) is 7.11. The van der Waals surface area contributed by atoms with Crippen molar-refractivity contribution in [3.8, 4) is 0 Å². The molecule has 26 heavy (non-hydrogen) atoms. The van der Waals surface area contributed by atoms with Crippen molar-refractivity contribution in [2.75, 3.05) is 6.54 Å². The lowest BCUT2D eigenvalue weighted by molar-refractivity contribution is 0.352. The average molecular weight is 360 g/mol. The van der Waals surface area contributed by atoms with Gasteiger partial charge < -0.3 is 5.32 Å². The van der Waals surface area contributed by atoms with Gasteiger partial charge in [-0.25, -0.2) is 8.78 Å². The molecular formula is C23H31F2N. The zero-order chi connectivity index (χ0) is 18.9. The van der Waals surface area contributed by atoms with E-state index in [-0.39, 0.29) is 12.2 Å². The number of alkyl halides is 1. The summed E-state index contributed by atoms with van der Waals surface area (Å²) in [5, 5.41) is 3.63. The van der Waals surface area contributed by atoms with Gasteiger partial charge in [0.25, 0.3) is 0 Å². The Balaban J connectivity index is 2.22. The third-order valence-corrected chi connectivity index (χ3v) is 5.09. The quantitative estimate of drug-likeness (QED) is 0.569. The van der Waals surface area contributed by atoms with Gasteiger partial charge in [-0.05, 0) is 50.3 Å². The third-order valence-electron chi connectivity index (χ3n) is 5.09. The average Bonchev–Trinajstić information content (AvgIpc) is 2.63. The maximum atomic E-state index is 14.2. The van der Waals surface area contributed by atoms with E-state index >= 15 is 0 Å². The minimum absolute atomic E-state index is 0.120. The molecule has 3 unspecified atom stereocenters. The first kappa shape index (κ1) is 20.6. The van der Waals surface area contributed by atoms with Crippen molar-refractivity contribution in [3.05, 3.63) is 71.2 Å². The second kappa shape index (κ2) is 10.4. The molecule has 1 nitrogen and oxygen atoms in total. The second-order valence-corrected chi connectivity index (χ2v) is 7.11. The minimum Gasteiger partial charge on any atom is -0.310 e. The number of allylic oxidation sites excluding steroid dienone is 10. The van der Waals surface area contributed by atoms with E-state index in [2.05, 4.69) is 38.2 Å². The van der Waals surface area contributed by atoms with E-state index in [1.165, 1.54) is 17.7 Å². The molecule has 142 valence electrons. The van der Waals surface area contributed by atoms with E-state index in [9.17, 15) is 8.78 Å². The summed E-state index contributed by atoms with van der Waals surface area (Å²) in [6.07, 6.45) is 17.1. The van der Waals surface area contributed by atoms with Gasteiger partial charge in [-0.15, -0.1) is 0 Å². The highest BCUT2D eigenvalue weighted by atomic mass is 19.1. The van der Waals surface area contributed by atoms with Crippen LogP contribution in [-0.2, 0) is 0 Å². The molecule has 0 aromatic rings. The normalized spacial score (nSPS) is 26.0. The lowest BCUT2D eigenvalue weighted by Crippen LogP contribution is -2.36. The van der Waals surface area contributed by atoms with Crippen LogP contribution in [0.15, 0.2) is 71.2 Å². The molecule has 0 fully saturated rings. The van der Waals surface area contributed by atoms with E-state index in [1.54, 1.807) is 0 Å². The largest absolute Gasteiger partial charge is 0.310 e. The van der Waals surface area contributed by atoms with Crippen LogP contribution in [0.25, 0.3) is 0 Å². The molecule has 1 aliphatic carbocycles. The Morgan fingerprint density at radius 2 is 2.15 bits per heavy atom. The van der Waals surface area contributed by atoms with Crippen LogP contribution in [0, 0.1) is 5.92 Å². The van der Waals surface area contributed by atoms with Gasteiger partial charge in [0.1, 0.15) is 12.0 Å². The van der Waals surface area contributed by atoms with Crippen molar-refractivity contribution < 1.29 is 8.78 Å². The molecule has 0 spiro atoms. The summed E-state index contributed by atoms with van der Waals surface area (Å²) in [5.41, 5.74) is 2.33. The smallest absolute Gasteiger partial charge is 0.126 e. The summed E-state index contributed by atoms with van der Waals surface area (Å²) in [6.45, 7) is 7.12. The van der Waals surface area contributed by atoms with E-state index in [0.717, 1.165) is 31.4 Å². The van der Waals surface area contributed by atoms with Crippen molar-refractivity contribution in [2.45, 2.75) is 58.7 Å². The predicted octanol–water partition coefficient (Wildman–Crippen LogP) is 6.29. The third kappa shape index (κ3) is 5.91. The fourth-order valence-electron chi connectivity index (χ4n) is 3.51. The molecule has 0 radical (unpaired) electrons. The van der Waals surface area contributed by atoms with E-state index in [0.29, 0.717) is 17.5 Å². The summed E-state index contributed by atoms with van der Waals surface area (Å²) in [6, 6.07) is 0.410. The fraction of sp³-hybridized carbons (Fsp3) is 0.478.